The molecule has 0 radical (unpaired) electrons. The van der Waals surface area contributed by atoms with Crippen molar-refractivity contribution in [2.24, 2.45) is 0 Å². The van der Waals surface area contributed by atoms with Crippen LogP contribution in [0.2, 0.25) is 0 Å². The predicted octanol–water partition coefficient (Wildman–Crippen LogP) is 21.8. The molecule has 2 nitrogen and oxygen atoms in total. The summed E-state index contributed by atoms with van der Waals surface area (Å²) in [5.41, 5.74) is 29.4. The lowest BCUT2D eigenvalue weighted by molar-refractivity contribution is 1.18. The Labute approximate surface area is 474 Å². The van der Waals surface area contributed by atoms with E-state index in [2.05, 4.69) is 300 Å². The highest BCUT2D eigenvalue weighted by atomic mass is 15.0. The van der Waals surface area contributed by atoms with E-state index >= 15 is 0 Å². The monoisotopic (exact) mass is 1040 g/mol. The van der Waals surface area contributed by atoms with Crippen molar-refractivity contribution in [2.75, 3.05) is 0 Å². The first-order chi connectivity index (χ1) is 40.7. The third kappa shape index (κ3) is 6.46. The summed E-state index contributed by atoms with van der Waals surface area (Å²) in [7, 11) is 0. The number of aromatic nitrogens is 2. The maximum atomic E-state index is 2.49. The summed E-state index contributed by atoms with van der Waals surface area (Å²) >= 11 is 0. The maximum Gasteiger partial charge on any atom is 0.0548 e. The highest BCUT2D eigenvalue weighted by molar-refractivity contribution is 6.32. The zero-order valence-corrected chi connectivity index (χ0v) is 44.6. The summed E-state index contributed by atoms with van der Waals surface area (Å²) in [6, 6.07) is 109. The fourth-order valence-electron chi connectivity index (χ4n) is 14.5. The van der Waals surface area contributed by atoms with Gasteiger partial charge < -0.3 is 9.13 Å². The van der Waals surface area contributed by atoms with E-state index in [1.165, 1.54) is 165 Å². The van der Waals surface area contributed by atoms with Gasteiger partial charge in [-0.2, -0.15) is 0 Å². The van der Waals surface area contributed by atoms with Crippen LogP contribution in [0.5, 0.6) is 0 Å². The summed E-state index contributed by atoms with van der Waals surface area (Å²) < 4.78 is 4.97. The number of nitrogens with zero attached hydrogens (tertiary/aromatic N) is 2. The van der Waals surface area contributed by atoms with Crippen LogP contribution in [0.25, 0.3) is 177 Å². The number of hydrogen-bond acceptors (Lipinski definition) is 0. The Morgan fingerprint density at radius 1 is 0.159 bits per heavy atom. The van der Waals surface area contributed by atoms with Crippen molar-refractivity contribution in [3.8, 4) is 112 Å². The Kier molecular flexibility index (Phi) is 9.54. The number of hydrogen-bond donors (Lipinski definition) is 0. The van der Waals surface area contributed by atoms with Crippen LogP contribution in [0.3, 0.4) is 0 Å². The number of fused-ring (bicyclic) bond motifs is 6. The van der Waals surface area contributed by atoms with E-state index in [0.29, 0.717) is 0 Å². The van der Waals surface area contributed by atoms with Crippen LogP contribution in [0, 0.1) is 0 Å². The third-order valence-corrected chi connectivity index (χ3v) is 18.0. The Balaban J connectivity index is 0.759. The molecular formula is C80H48N2. The summed E-state index contributed by atoms with van der Waals surface area (Å²) in [5.74, 6) is 0. The van der Waals surface area contributed by atoms with Crippen molar-refractivity contribution in [2.45, 2.75) is 0 Å². The van der Waals surface area contributed by atoms with Crippen LogP contribution < -0.4 is 0 Å². The lowest BCUT2D eigenvalue weighted by Crippen LogP contribution is -1.96. The highest BCUT2D eigenvalue weighted by Crippen LogP contribution is 2.53. The summed E-state index contributed by atoms with van der Waals surface area (Å²) in [6.45, 7) is 0. The van der Waals surface area contributed by atoms with Gasteiger partial charge in [-0.15, -0.1) is 0 Å². The van der Waals surface area contributed by atoms with Crippen LogP contribution in [0.15, 0.2) is 291 Å². The number of benzene rings is 14. The van der Waals surface area contributed by atoms with E-state index in [0.717, 1.165) is 11.4 Å². The quantitative estimate of drug-likeness (QED) is 0.151. The van der Waals surface area contributed by atoms with Crippen molar-refractivity contribution in [1.82, 2.24) is 9.13 Å². The van der Waals surface area contributed by atoms with E-state index in [4.69, 9.17) is 0 Å². The molecule has 16 aromatic rings. The van der Waals surface area contributed by atoms with Crippen molar-refractivity contribution in [1.29, 1.82) is 0 Å². The Hall–Kier alpha value is -10.8. The zero-order chi connectivity index (χ0) is 53.6. The van der Waals surface area contributed by atoms with Crippen LogP contribution in [0.4, 0.5) is 0 Å². The summed E-state index contributed by atoms with van der Waals surface area (Å²) in [6.07, 6.45) is 0. The summed E-state index contributed by atoms with van der Waals surface area (Å²) in [5, 5.41) is 10.4. The minimum atomic E-state index is 1.15. The lowest BCUT2D eigenvalue weighted by atomic mass is 9.88. The fourth-order valence-corrected chi connectivity index (χ4v) is 14.5. The van der Waals surface area contributed by atoms with Gasteiger partial charge in [-0.25, -0.2) is 0 Å². The van der Waals surface area contributed by atoms with Crippen molar-refractivity contribution >= 4 is 65.2 Å². The zero-order valence-electron chi connectivity index (χ0n) is 44.6. The molecule has 0 amide bonds. The average molecular weight is 1040 g/mol. The highest BCUT2D eigenvalue weighted by Gasteiger charge is 2.28. The second kappa shape index (κ2) is 17.3. The van der Waals surface area contributed by atoms with Gasteiger partial charge in [0.05, 0.1) is 22.1 Å². The first-order valence-corrected chi connectivity index (χ1v) is 28.5. The molecule has 82 heavy (non-hydrogen) atoms. The van der Waals surface area contributed by atoms with Gasteiger partial charge >= 0.3 is 0 Å². The Bertz CT molecular complexity index is 5370. The molecule has 2 aliphatic carbocycles. The Morgan fingerprint density at radius 2 is 0.537 bits per heavy atom. The van der Waals surface area contributed by atoms with E-state index in [9.17, 15) is 0 Å². The topological polar surface area (TPSA) is 9.86 Å². The third-order valence-electron chi connectivity index (χ3n) is 18.0. The maximum absolute atomic E-state index is 2.49. The minimum Gasteiger partial charge on any atom is -0.309 e. The first-order valence-electron chi connectivity index (χ1n) is 28.5. The van der Waals surface area contributed by atoms with Gasteiger partial charge in [0, 0.05) is 32.9 Å². The van der Waals surface area contributed by atoms with Gasteiger partial charge in [-0.05, 0) is 182 Å². The van der Waals surface area contributed by atoms with E-state index in [1.54, 1.807) is 0 Å². The second-order valence-electron chi connectivity index (χ2n) is 22.2. The molecule has 0 N–H and O–H groups in total. The first kappa shape index (κ1) is 45.1. The van der Waals surface area contributed by atoms with Crippen LogP contribution >= 0.6 is 0 Å². The molecular weight excluding hydrogens is 989 g/mol. The van der Waals surface area contributed by atoms with Crippen LogP contribution in [-0.4, -0.2) is 9.13 Å². The smallest absolute Gasteiger partial charge is 0.0548 e. The largest absolute Gasteiger partial charge is 0.309 e. The van der Waals surface area contributed by atoms with Crippen LogP contribution in [-0.2, 0) is 0 Å². The molecule has 0 unspecified atom stereocenters. The van der Waals surface area contributed by atoms with Gasteiger partial charge in [0.1, 0.15) is 0 Å². The molecule has 14 aromatic carbocycles. The number of rotatable bonds is 7. The molecule has 2 heterocycles. The molecule has 2 heteroatoms. The SMILES string of the molecule is c1ccc(-c2ccccc2-c2cccc(-n3c4cccc5c4c4c6c(cccc6ccc43)-c3cc(-c4ccc(-c6ccc(-n7c8cccc9c8c8c%10c(cccc%10ccc87)-c7ccccc7-9)cc6)c(-c6ccccc6)c4)ccc3-5)c2)cc1. The van der Waals surface area contributed by atoms with Crippen LogP contribution in [0.1, 0.15) is 0 Å². The molecule has 0 spiro atoms. The molecule has 18 rings (SSSR count). The van der Waals surface area contributed by atoms with E-state index in [1.807, 2.05) is 0 Å². The molecule has 0 bridgehead atoms. The molecule has 0 fully saturated rings. The molecule has 0 saturated carbocycles. The van der Waals surface area contributed by atoms with Gasteiger partial charge in [0.2, 0.25) is 0 Å². The molecule has 0 saturated heterocycles. The predicted molar refractivity (Wildman–Crippen MR) is 346 cm³/mol. The van der Waals surface area contributed by atoms with E-state index < -0.39 is 0 Å². The van der Waals surface area contributed by atoms with Crippen molar-refractivity contribution < 1.29 is 0 Å². The molecule has 2 aliphatic rings. The molecule has 0 atom stereocenters. The van der Waals surface area contributed by atoms with Gasteiger partial charge in [0.15, 0.2) is 0 Å². The van der Waals surface area contributed by atoms with Crippen molar-refractivity contribution in [3.05, 3.63) is 291 Å². The van der Waals surface area contributed by atoms with Gasteiger partial charge in [-0.3, -0.25) is 0 Å². The molecule has 2 aromatic heterocycles. The van der Waals surface area contributed by atoms with E-state index in [-0.39, 0.29) is 0 Å². The van der Waals surface area contributed by atoms with Gasteiger partial charge in [0.25, 0.3) is 0 Å². The standard InChI is InChI=1S/C80H48N2/c1-3-16-49(17-4-1)59-24-7-8-25-60(59)56-22-11-23-58(46-56)82-72-33-15-31-67-64-43-37-55(48-70(64)68-29-13-21-53-39-45-74(82)80(76(53)68)78(67)72)54-36-42-61(69(47-54)50-18-5-2-6-19-50)51-34-40-57(41-35-51)81-71-32-14-30-66-63-27-10-9-26-62(63)65-28-12-20-52-38-44-73(81)79(75(52)65)77(66)71/h1-48H. The molecule has 378 valence electrons. The Morgan fingerprint density at radius 3 is 1.13 bits per heavy atom. The molecule has 0 aliphatic heterocycles. The fraction of sp³-hybridized carbons (Fsp3) is 0. The normalized spacial score (nSPS) is 12.1. The average Bonchev–Trinajstić information content (AvgIpc) is 2.47. The lowest BCUT2D eigenvalue weighted by Gasteiger charge is -2.17. The second-order valence-corrected chi connectivity index (χ2v) is 22.2. The minimum absolute atomic E-state index is 1.15. The van der Waals surface area contributed by atoms with Crippen molar-refractivity contribution in [3.63, 3.8) is 0 Å². The summed E-state index contributed by atoms with van der Waals surface area (Å²) in [4.78, 5) is 0. The van der Waals surface area contributed by atoms with Gasteiger partial charge in [-0.1, -0.05) is 231 Å².